The van der Waals surface area contributed by atoms with Crippen molar-refractivity contribution in [2.75, 3.05) is 0 Å². The summed E-state index contributed by atoms with van der Waals surface area (Å²) in [6.07, 6.45) is 8.37. The molecule has 0 rings (SSSR count). The average Bonchev–Trinajstić information content (AvgIpc) is 2.18. The molecule has 0 aromatic heterocycles. The van der Waals surface area contributed by atoms with Crippen molar-refractivity contribution in [2.24, 2.45) is 5.41 Å². The quantitative estimate of drug-likeness (QED) is 0.507. The van der Waals surface area contributed by atoms with Gasteiger partial charge in [-0.05, 0) is 19.8 Å². The van der Waals surface area contributed by atoms with Gasteiger partial charge in [-0.1, -0.05) is 52.4 Å². The summed E-state index contributed by atoms with van der Waals surface area (Å²) < 4.78 is 0. The minimum absolute atomic E-state index is 0. The number of unbranched alkanes of at least 4 members (excludes halogenated alkanes) is 4. The van der Waals surface area contributed by atoms with Crippen molar-refractivity contribution in [2.45, 2.75) is 72.1 Å². The predicted molar refractivity (Wildman–Crippen MR) is 72.6 cm³/mol. The summed E-state index contributed by atoms with van der Waals surface area (Å²) in [5.74, 6) is -0.616. The fourth-order valence-corrected chi connectivity index (χ4v) is 1.87. The summed E-state index contributed by atoms with van der Waals surface area (Å²) >= 11 is 0. The molecule has 0 spiro atoms. The Morgan fingerprint density at radius 2 is 1.38 bits per heavy atom. The molecule has 0 radical (unpaired) electrons. The number of hydrogen-bond acceptors (Lipinski definition) is 1. The molecular formula is C13H28CaO2. The van der Waals surface area contributed by atoms with E-state index < -0.39 is 11.4 Å². The van der Waals surface area contributed by atoms with Crippen LogP contribution < -0.4 is 0 Å². The second-order valence-electron chi connectivity index (χ2n) is 4.78. The molecule has 1 N–H and O–H groups in total. The standard InChI is InChI=1S/C13H26O2.Ca.2H/c1-4-6-8-10-13(3,12(14)15)11-9-7-5-2;;;/h4-11H2,1-3H3,(H,14,15);;;. The molecule has 0 bridgehead atoms. The number of aliphatic carboxylic acids is 1. The second kappa shape index (κ2) is 10.9. The summed E-state index contributed by atoms with van der Waals surface area (Å²) in [6, 6.07) is 0. The molecule has 0 unspecified atom stereocenters. The topological polar surface area (TPSA) is 37.3 Å². The van der Waals surface area contributed by atoms with Gasteiger partial charge in [0.25, 0.3) is 0 Å². The Morgan fingerprint density at radius 1 is 1.00 bits per heavy atom. The molecule has 0 amide bonds. The molecule has 0 aromatic carbocycles. The monoisotopic (exact) mass is 256 g/mol. The number of carbonyl (C=O) groups is 1. The van der Waals surface area contributed by atoms with Crippen molar-refractivity contribution in [3.63, 3.8) is 0 Å². The van der Waals surface area contributed by atoms with Crippen molar-refractivity contribution in [3.05, 3.63) is 0 Å². The Labute approximate surface area is 130 Å². The molecule has 0 heterocycles. The van der Waals surface area contributed by atoms with E-state index >= 15 is 0 Å². The molecule has 3 heteroatoms. The van der Waals surface area contributed by atoms with Crippen LogP contribution in [0.5, 0.6) is 0 Å². The molecule has 0 aliphatic carbocycles. The Hall–Kier alpha value is 0.730. The fraction of sp³-hybridized carbons (Fsp3) is 0.923. The molecule has 16 heavy (non-hydrogen) atoms. The third-order valence-corrected chi connectivity index (χ3v) is 3.18. The Kier molecular flexibility index (Phi) is 12.9. The van der Waals surface area contributed by atoms with Gasteiger partial charge in [0, 0.05) is 0 Å². The van der Waals surface area contributed by atoms with Crippen LogP contribution in [0.4, 0.5) is 0 Å². The van der Waals surface area contributed by atoms with Crippen LogP contribution in [0.1, 0.15) is 72.1 Å². The van der Waals surface area contributed by atoms with Gasteiger partial charge >= 0.3 is 43.7 Å². The third kappa shape index (κ3) is 7.92. The van der Waals surface area contributed by atoms with E-state index in [1.807, 2.05) is 6.92 Å². The van der Waals surface area contributed by atoms with E-state index in [-0.39, 0.29) is 37.7 Å². The number of rotatable bonds is 9. The summed E-state index contributed by atoms with van der Waals surface area (Å²) in [4.78, 5) is 11.2. The van der Waals surface area contributed by atoms with Crippen molar-refractivity contribution in [1.29, 1.82) is 0 Å². The van der Waals surface area contributed by atoms with Gasteiger partial charge in [0.1, 0.15) is 0 Å². The summed E-state index contributed by atoms with van der Waals surface area (Å²) in [5.41, 5.74) is -0.482. The van der Waals surface area contributed by atoms with Crippen molar-refractivity contribution in [1.82, 2.24) is 0 Å². The van der Waals surface area contributed by atoms with Gasteiger partial charge < -0.3 is 5.11 Å². The average molecular weight is 256 g/mol. The van der Waals surface area contributed by atoms with E-state index in [2.05, 4.69) is 13.8 Å². The van der Waals surface area contributed by atoms with Crippen LogP contribution >= 0.6 is 0 Å². The van der Waals surface area contributed by atoms with Gasteiger partial charge in [0.05, 0.1) is 5.41 Å². The van der Waals surface area contributed by atoms with Crippen LogP contribution in [0.25, 0.3) is 0 Å². The third-order valence-electron chi connectivity index (χ3n) is 3.18. The van der Waals surface area contributed by atoms with Gasteiger partial charge in [-0.3, -0.25) is 4.79 Å². The molecule has 0 fully saturated rings. The first-order chi connectivity index (χ1) is 7.06. The summed E-state index contributed by atoms with van der Waals surface area (Å²) in [6.45, 7) is 6.20. The zero-order chi connectivity index (χ0) is 11.7. The number of carboxylic acid groups (broad SMARTS) is 1. The van der Waals surface area contributed by atoms with Gasteiger partial charge in [0.2, 0.25) is 0 Å². The first kappa shape index (κ1) is 19.1. The Morgan fingerprint density at radius 3 is 1.62 bits per heavy atom. The molecule has 0 aliphatic rings. The molecule has 0 saturated heterocycles. The van der Waals surface area contributed by atoms with Crippen molar-refractivity contribution >= 4 is 43.7 Å². The first-order valence-electron chi connectivity index (χ1n) is 6.30. The van der Waals surface area contributed by atoms with E-state index in [0.29, 0.717) is 0 Å². The summed E-state index contributed by atoms with van der Waals surface area (Å²) in [7, 11) is 0. The zero-order valence-electron chi connectivity index (χ0n) is 10.5. The van der Waals surface area contributed by atoms with Crippen molar-refractivity contribution < 1.29 is 9.90 Å². The Balaban J connectivity index is 0. The van der Waals surface area contributed by atoms with E-state index in [1.54, 1.807) is 0 Å². The van der Waals surface area contributed by atoms with Crippen molar-refractivity contribution in [3.8, 4) is 0 Å². The minimum atomic E-state index is -0.616. The van der Waals surface area contributed by atoms with Crippen LogP contribution in [0.3, 0.4) is 0 Å². The fourth-order valence-electron chi connectivity index (χ4n) is 1.87. The van der Waals surface area contributed by atoms with E-state index in [0.717, 1.165) is 51.4 Å². The number of carboxylic acids is 1. The predicted octanol–water partition coefficient (Wildman–Crippen LogP) is 3.32. The van der Waals surface area contributed by atoms with Crippen LogP contribution in [0.15, 0.2) is 0 Å². The van der Waals surface area contributed by atoms with Crippen LogP contribution in [-0.4, -0.2) is 48.8 Å². The molecular weight excluding hydrogens is 228 g/mol. The van der Waals surface area contributed by atoms with E-state index in [1.165, 1.54) is 0 Å². The molecule has 2 nitrogen and oxygen atoms in total. The van der Waals surface area contributed by atoms with Gasteiger partial charge in [0.15, 0.2) is 0 Å². The Bertz CT molecular complexity index is 171. The van der Waals surface area contributed by atoms with Crippen LogP contribution in [0.2, 0.25) is 0 Å². The van der Waals surface area contributed by atoms with Gasteiger partial charge in [-0.25, -0.2) is 0 Å². The van der Waals surface area contributed by atoms with Gasteiger partial charge in [-0.2, -0.15) is 0 Å². The molecule has 0 aliphatic heterocycles. The molecule has 0 atom stereocenters. The molecule has 0 saturated carbocycles. The van der Waals surface area contributed by atoms with E-state index in [4.69, 9.17) is 0 Å². The maximum atomic E-state index is 11.2. The SMILES string of the molecule is CCCCCC(C)(CCCCC)C(=O)O.[CaH2]. The second-order valence-corrected chi connectivity index (χ2v) is 4.78. The maximum absolute atomic E-state index is 11.2. The summed E-state index contributed by atoms with van der Waals surface area (Å²) in [5, 5.41) is 9.23. The zero-order valence-corrected chi connectivity index (χ0v) is 10.5. The van der Waals surface area contributed by atoms with Crippen LogP contribution in [-0.2, 0) is 4.79 Å². The normalized spacial score (nSPS) is 10.9. The van der Waals surface area contributed by atoms with Crippen LogP contribution in [0, 0.1) is 5.41 Å². The van der Waals surface area contributed by atoms with Gasteiger partial charge in [-0.15, -0.1) is 0 Å². The number of hydrogen-bond donors (Lipinski definition) is 1. The first-order valence-corrected chi connectivity index (χ1v) is 6.30. The molecule has 0 aromatic rings. The van der Waals surface area contributed by atoms with E-state index in [9.17, 15) is 9.90 Å². The molecule has 94 valence electrons.